The topological polar surface area (TPSA) is 15.6 Å². The molecule has 0 N–H and O–H groups in total. The van der Waals surface area contributed by atoms with Gasteiger partial charge >= 0.3 is 0 Å². The van der Waals surface area contributed by atoms with Gasteiger partial charge in [-0.2, -0.15) is 0 Å². The van der Waals surface area contributed by atoms with Crippen LogP contribution in [0.15, 0.2) is 16.6 Å². The highest BCUT2D eigenvalue weighted by atomic mass is 15.2. The summed E-state index contributed by atoms with van der Waals surface area (Å²) >= 11 is 0. The average Bonchev–Trinajstić information content (AvgIpc) is 2.56. The highest BCUT2D eigenvalue weighted by molar-refractivity contribution is 6.02. The Kier molecular flexibility index (Phi) is 3.48. The molecule has 90 valence electrons. The Labute approximate surface area is 99.4 Å². The maximum atomic E-state index is 4.60. The van der Waals surface area contributed by atoms with Crippen LogP contribution in [-0.4, -0.2) is 35.8 Å². The van der Waals surface area contributed by atoms with Crippen molar-refractivity contribution in [3.63, 3.8) is 0 Å². The molecule has 1 atom stereocenters. The zero-order valence-corrected chi connectivity index (χ0v) is 11.0. The van der Waals surface area contributed by atoms with Crippen molar-refractivity contribution in [3.8, 4) is 0 Å². The van der Waals surface area contributed by atoms with Gasteiger partial charge in [-0.3, -0.25) is 9.89 Å². The van der Waals surface area contributed by atoms with Crippen molar-refractivity contribution in [1.82, 2.24) is 4.90 Å². The van der Waals surface area contributed by atoms with Crippen LogP contribution in [0.1, 0.15) is 40.5 Å². The summed E-state index contributed by atoms with van der Waals surface area (Å²) in [6, 6.07) is 1.35. The standard InChI is InChI=1S/C14H24N2/c1-10(2)14-6-5-13-12(7-8-15-13)9-16(14)11(3)4/h7,10-11,14H,5-6,8-9H2,1-4H3. The molecule has 1 saturated heterocycles. The van der Waals surface area contributed by atoms with E-state index < -0.39 is 0 Å². The van der Waals surface area contributed by atoms with E-state index in [4.69, 9.17) is 0 Å². The highest BCUT2D eigenvalue weighted by Gasteiger charge is 2.30. The lowest BCUT2D eigenvalue weighted by Crippen LogP contribution is -2.43. The summed E-state index contributed by atoms with van der Waals surface area (Å²) in [5.41, 5.74) is 2.88. The largest absolute Gasteiger partial charge is 0.293 e. The van der Waals surface area contributed by atoms with Crippen LogP contribution >= 0.6 is 0 Å². The van der Waals surface area contributed by atoms with E-state index in [1.54, 1.807) is 0 Å². The molecule has 2 aliphatic rings. The molecule has 0 aromatic rings. The predicted molar refractivity (Wildman–Crippen MR) is 70.1 cm³/mol. The third-order valence-corrected chi connectivity index (χ3v) is 3.88. The Hall–Kier alpha value is -0.630. The molecular formula is C14H24N2. The quantitative estimate of drug-likeness (QED) is 0.698. The van der Waals surface area contributed by atoms with E-state index in [0.717, 1.165) is 19.0 Å². The van der Waals surface area contributed by atoms with Crippen molar-refractivity contribution in [2.75, 3.05) is 13.1 Å². The maximum Gasteiger partial charge on any atom is 0.0580 e. The van der Waals surface area contributed by atoms with Crippen molar-refractivity contribution in [2.45, 2.75) is 52.6 Å². The lowest BCUT2D eigenvalue weighted by molar-refractivity contribution is 0.129. The van der Waals surface area contributed by atoms with Crippen LogP contribution in [-0.2, 0) is 0 Å². The monoisotopic (exact) mass is 220 g/mol. The molecule has 0 spiro atoms. The second kappa shape index (κ2) is 4.70. The molecule has 0 aromatic heterocycles. The van der Waals surface area contributed by atoms with Gasteiger partial charge in [0.1, 0.15) is 0 Å². The number of aliphatic imine (C=N–C) groups is 1. The van der Waals surface area contributed by atoms with Crippen molar-refractivity contribution in [1.29, 1.82) is 0 Å². The van der Waals surface area contributed by atoms with Gasteiger partial charge in [-0.25, -0.2) is 0 Å². The van der Waals surface area contributed by atoms with E-state index in [0.29, 0.717) is 12.1 Å². The van der Waals surface area contributed by atoms with E-state index in [-0.39, 0.29) is 0 Å². The lowest BCUT2D eigenvalue weighted by Gasteiger charge is -2.36. The highest BCUT2D eigenvalue weighted by Crippen LogP contribution is 2.27. The van der Waals surface area contributed by atoms with E-state index in [9.17, 15) is 0 Å². The van der Waals surface area contributed by atoms with Gasteiger partial charge in [-0.05, 0) is 38.2 Å². The summed E-state index contributed by atoms with van der Waals surface area (Å²) in [4.78, 5) is 7.26. The molecule has 0 aromatic carbocycles. The minimum Gasteiger partial charge on any atom is -0.293 e. The minimum absolute atomic E-state index is 0.633. The Morgan fingerprint density at radius 3 is 2.69 bits per heavy atom. The molecule has 2 nitrogen and oxygen atoms in total. The summed E-state index contributed by atoms with van der Waals surface area (Å²) in [5.74, 6) is 0.738. The third-order valence-electron chi connectivity index (χ3n) is 3.88. The molecular weight excluding hydrogens is 196 g/mol. The first-order valence-corrected chi connectivity index (χ1v) is 6.58. The molecule has 2 rings (SSSR count). The number of hydrogen-bond acceptors (Lipinski definition) is 2. The second-order valence-electron chi connectivity index (χ2n) is 5.63. The van der Waals surface area contributed by atoms with Gasteiger partial charge in [-0.1, -0.05) is 19.9 Å². The normalized spacial score (nSPS) is 26.8. The minimum atomic E-state index is 0.633. The fourth-order valence-electron chi connectivity index (χ4n) is 2.93. The predicted octanol–water partition coefficient (Wildman–Crippen LogP) is 2.90. The first-order chi connectivity index (χ1) is 7.59. The number of nitrogens with zero attached hydrogens (tertiary/aromatic N) is 2. The summed E-state index contributed by atoms with van der Waals surface area (Å²) in [5, 5.41) is 0. The van der Waals surface area contributed by atoms with Crippen molar-refractivity contribution < 1.29 is 0 Å². The van der Waals surface area contributed by atoms with Crippen LogP contribution in [0, 0.1) is 5.92 Å². The molecule has 1 fully saturated rings. The van der Waals surface area contributed by atoms with E-state index in [1.165, 1.54) is 24.1 Å². The Morgan fingerprint density at radius 1 is 1.31 bits per heavy atom. The summed E-state index contributed by atoms with van der Waals surface area (Å²) in [7, 11) is 0. The number of fused-ring (bicyclic) bond motifs is 1. The van der Waals surface area contributed by atoms with Gasteiger partial charge in [0.15, 0.2) is 0 Å². The van der Waals surface area contributed by atoms with Gasteiger partial charge < -0.3 is 0 Å². The molecule has 0 amide bonds. The van der Waals surface area contributed by atoms with Crippen LogP contribution in [0.4, 0.5) is 0 Å². The SMILES string of the molecule is CC(C)C1CCC2=NCC=C2CN1C(C)C. The fraction of sp³-hybridized carbons (Fsp3) is 0.786. The number of likely N-dealkylation sites (tertiary alicyclic amines) is 1. The van der Waals surface area contributed by atoms with Crippen molar-refractivity contribution in [2.24, 2.45) is 10.9 Å². The van der Waals surface area contributed by atoms with Gasteiger partial charge in [-0.15, -0.1) is 0 Å². The summed E-state index contributed by atoms with van der Waals surface area (Å²) in [6.07, 6.45) is 4.76. The van der Waals surface area contributed by atoms with Gasteiger partial charge in [0, 0.05) is 24.3 Å². The van der Waals surface area contributed by atoms with Crippen LogP contribution in [0.3, 0.4) is 0 Å². The van der Waals surface area contributed by atoms with E-state index >= 15 is 0 Å². The lowest BCUT2D eigenvalue weighted by atomic mass is 9.97. The fourth-order valence-corrected chi connectivity index (χ4v) is 2.93. The third kappa shape index (κ3) is 2.22. The van der Waals surface area contributed by atoms with Gasteiger partial charge in [0.05, 0.1) is 6.54 Å². The molecule has 2 aliphatic heterocycles. The van der Waals surface area contributed by atoms with Crippen LogP contribution in [0.5, 0.6) is 0 Å². The maximum absolute atomic E-state index is 4.60. The summed E-state index contributed by atoms with van der Waals surface area (Å²) in [6.45, 7) is 11.3. The Bertz CT molecular complexity index is 313. The van der Waals surface area contributed by atoms with Crippen LogP contribution < -0.4 is 0 Å². The zero-order chi connectivity index (χ0) is 11.7. The van der Waals surface area contributed by atoms with Gasteiger partial charge in [0.2, 0.25) is 0 Å². The number of hydrogen-bond donors (Lipinski definition) is 0. The van der Waals surface area contributed by atoms with E-state index in [2.05, 4.69) is 43.7 Å². The van der Waals surface area contributed by atoms with Crippen molar-refractivity contribution in [3.05, 3.63) is 11.6 Å². The summed E-state index contributed by atoms with van der Waals surface area (Å²) < 4.78 is 0. The van der Waals surface area contributed by atoms with E-state index in [1.807, 2.05) is 0 Å². The molecule has 1 unspecified atom stereocenters. The van der Waals surface area contributed by atoms with Gasteiger partial charge in [0.25, 0.3) is 0 Å². The van der Waals surface area contributed by atoms with Crippen molar-refractivity contribution >= 4 is 5.71 Å². The van der Waals surface area contributed by atoms with Crippen LogP contribution in [0.2, 0.25) is 0 Å². The Morgan fingerprint density at radius 2 is 2.06 bits per heavy atom. The molecule has 2 heteroatoms. The first-order valence-electron chi connectivity index (χ1n) is 6.58. The average molecular weight is 220 g/mol. The first kappa shape index (κ1) is 11.8. The molecule has 0 radical (unpaired) electrons. The smallest absolute Gasteiger partial charge is 0.0580 e. The second-order valence-corrected chi connectivity index (χ2v) is 5.63. The zero-order valence-electron chi connectivity index (χ0n) is 11.0. The molecule has 0 saturated carbocycles. The molecule has 2 heterocycles. The molecule has 0 aliphatic carbocycles. The molecule has 16 heavy (non-hydrogen) atoms. The molecule has 0 bridgehead atoms. The Balaban J connectivity index is 2.20. The van der Waals surface area contributed by atoms with Crippen LogP contribution in [0.25, 0.3) is 0 Å². The number of rotatable bonds is 2.